The Morgan fingerprint density at radius 1 is 1.43 bits per heavy atom. The molecule has 1 aromatic carbocycles. The molecule has 0 aromatic heterocycles. The number of benzene rings is 1. The van der Waals surface area contributed by atoms with Gasteiger partial charge in [-0.3, -0.25) is 4.79 Å². The number of thioether (sulfide) groups is 1. The van der Waals surface area contributed by atoms with Crippen LogP contribution in [0.15, 0.2) is 24.3 Å². The highest BCUT2D eigenvalue weighted by Gasteiger charge is 2.04. The van der Waals surface area contributed by atoms with E-state index in [-0.39, 0.29) is 5.78 Å². The molecule has 14 heavy (non-hydrogen) atoms. The van der Waals surface area contributed by atoms with E-state index in [0.717, 1.165) is 5.75 Å². The summed E-state index contributed by atoms with van der Waals surface area (Å²) in [6, 6.07) is 8.79. The molecule has 0 aliphatic heterocycles. The fraction of sp³-hybridized carbons (Fsp3) is 0.273. The maximum absolute atomic E-state index is 11.5. The van der Waals surface area contributed by atoms with Gasteiger partial charge in [-0.1, -0.05) is 12.1 Å². The number of nitriles is 1. The van der Waals surface area contributed by atoms with Crippen LogP contribution in [0, 0.1) is 11.3 Å². The zero-order chi connectivity index (χ0) is 10.4. The number of ketones is 1. The van der Waals surface area contributed by atoms with Gasteiger partial charge in [-0.2, -0.15) is 17.0 Å². The van der Waals surface area contributed by atoms with Crippen LogP contribution in [0.1, 0.15) is 22.3 Å². The first-order valence-electron chi connectivity index (χ1n) is 4.30. The summed E-state index contributed by atoms with van der Waals surface area (Å²) in [7, 11) is 0. The van der Waals surface area contributed by atoms with Gasteiger partial charge in [0, 0.05) is 17.7 Å². The minimum Gasteiger partial charge on any atom is -0.294 e. The fourth-order valence-corrected chi connectivity index (χ4v) is 1.46. The van der Waals surface area contributed by atoms with E-state index in [1.807, 2.05) is 12.3 Å². The third-order valence-corrected chi connectivity index (χ3v) is 2.48. The molecule has 0 atom stereocenters. The third kappa shape index (κ3) is 2.90. The molecule has 0 saturated heterocycles. The highest BCUT2D eigenvalue weighted by atomic mass is 32.2. The molecule has 1 rings (SSSR count). The molecule has 0 heterocycles. The van der Waals surface area contributed by atoms with Crippen LogP contribution in [-0.4, -0.2) is 17.8 Å². The molecule has 0 bridgehead atoms. The lowest BCUT2D eigenvalue weighted by Crippen LogP contribution is -2.00. The van der Waals surface area contributed by atoms with Gasteiger partial charge in [0.05, 0.1) is 11.6 Å². The Bertz CT molecular complexity index is 351. The normalized spacial score (nSPS) is 9.43. The minimum absolute atomic E-state index is 0.142. The smallest absolute Gasteiger partial charge is 0.163 e. The van der Waals surface area contributed by atoms with Crippen molar-refractivity contribution in [2.75, 3.05) is 12.0 Å². The van der Waals surface area contributed by atoms with E-state index in [1.54, 1.807) is 36.0 Å². The number of carbonyl (C=O) groups is 1. The van der Waals surface area contributed by atoms with Crippen molar-refractivity contribution in [2.24, 2.45) is 0 Å². The van der Waals surface area contributed by atoms with Crippen LogP contribution < -0.4 is 0 Å². The standard InChI is InChI=1S/C11H11NOS/c1-14-7-6-11(13)10-4-2-9(8-12)3-5-10/h2-5H,6-7H2,1H3. The van der Waals surface area contributed by atoms with E-state index in [2.05, 4.69) is 0 Å². The average molecular weight is 205 g/mol. The van der Waals surface area contributed by atoms with Gasteiger partial charge in [0.25, 0.3) is 0 Å². The van der Waals surface area contributed by atoms with Gasteiger partial charge in [0.1, 0.15) is 0 Å². The van der Waals surface area contributed by atoms with Crippen LogP contribution >= 0.6 is 11.8 Å². The van der Waals surface area contributed by atoms with Crippen molar-refractivity contribution in [1.29, 1.82) is 5.26 Å². The molecule has 0 fully saturated rings. The van der Waals surface area contributed by atoms with Crippen LogP contribution in [0.3, 0.4) is 0 Å². The molecule has 2 nitrogen and oxygen atoms in total. The van der Waals surface area contributed by atoms with E-state index in [4.69, 9.17) is 5.26 Å². The van der Waals surface area contributed by atoms with Crippen LogP contribution in [0.5, 0.6) is 0 Å². The van der Waals surface area contributed by atoms with Gasteiger partial charge in [0.2, 0.25) is 0 Å². The predicted molar refractivity (Wildman–Crippen MR) is 58.5 cm³/mol. The van der Waals surface area contributed by atoms with Crippen molar-refractivity contribution in [2.45, 2.75) is 6.42 Å². The summed E-state index contributed by atoms with van der Waals surface area (Å²) in [5, 5.41) is 8.57. The molecule has 72 valence electrons. The molecule has 3 heteroatoms. The van der Waals surface area contributed by atoms with Crippen molar-refractivity contribution in [1.82, 2.24) is 0 Å². The summed E-state index contributed by atoms with van der Waals surface area (Å²) in [6.07, 6.45) is 2.54. The van der Waals surface area contributed by atoms with Gasteiger partial charge in [-0.25, -0.2) is 0 Å². The number of hydrogen-bond donors (Lipinski definition) is 0. The van der Waals surface area contributed by atoms with Crippen LogP contribution in [-0.2, 0) is 0 Å². The molecule has 0 unspecified atom stereocenters. The van der Waals surface area contributed by atoms with Crippen molar-refractivity contribution in [3.05, 3.63) is 35.4 Å². The minimum atomic E-state index is 0.142. The number of nitrogens with zero attached hydrogens (tertiary/aromatic N) is 1. The van der Waals surface area contributed by atoms with Gasteiger partial charge in [0.15, 0.2) is 5.78 Å². The highest BCUT2D eigenvalue weighted by molar-refractivity contribution is 7.98. The van der Waals surface area contributed by atoms with Crippen molar-refractivity contribution < 1.29 is 4.79 Å². The number of carbonyl (C=O) groups excluding carboxylic acids is 1. The molecule has 0 aliphatic rings. The summed E-state index contributed by atoms with van der Waals surface area (Å²) in [6.45, 7) is 0. The topological polar surface area (TPSA) is 40.9 Å². The van der Waals surface area contributed by atoms with Crippen LogP contribution in [0.2, 0.25) is 0 Å². The second kappa shape index (κ2) is 5.46. The third-order valence-electron chi connectivity index (χ3n) is 1.87. The van der Waals surface area contributed by atoms with Gasteiger partial charge < -0.3 is 0 Å². The molecule has 0 N–H and O–H groups in total. The molecule has 0 spiro atoms. The second-order valence-corrected chi connectivity index (χ2v) is 3.84. The highest BCUT2D eigenvalue weighted by Crippen LogP contribution is 2.08. The van der Waals surface area contributed by atoms with Crippen LogP contribution in [0.4, 0.5) is 0 Å². The Labute approximate surface area is 87.9 Å². The molecule has 0 aliphatic carbocycles. The zero-order valence-electron chi connectivity index (χ0n) is 7.99. The SMILES string of the molecule is CSCCC(=O)c1ccc(C#N)cc1. The van der Waals surface area contributed by atoms with Gasteiger partial charge >= 0.3 is 0 Å². The molecular weight excluding hydrogens is 194 g/mol. The van der Waals surface area contributed by atoms with E-state index < -0.39 is 0 Å². The van der Waals surface area contributed by atoms with E-state index in [0.29, 0.717) is 17.5 Å². The Hall–Kier alpha value is -1.27. The fourth-order valence-electron chi connectivity index (χ4n) is 1.07. The number of rotatable bonds is 4. The number of Topliss-reactive ketones (excluding diaryl/α,β-unsaturated/α-hetero) is 1. The molecule has 0 amide bonds. The van der Waals surface area contributed by atoms with E-state index in [9.17, 15) is 4.79 Å². The van der Waals surface area contributed by atoms with Gasteiger partial charge in [-0.05, 0) is 18.4 Å². The molecule has 0 saturated carbocycles. The summed E-state index contributed by atoms with van der Waals surface area (Å²) in [4.78, 5) is 11.5. The zero-order valence-corrected chi connectivity index (χ0v) is 8.80. The Kier molecular flexibility index (Phi) is 4.21. The predicted octanol–water partition coefficient (Wildman–Crippen LogP) is 2.49. The Balaban J connectivity index is 2.68. The lowest BCUT2D eigenvalue weighted by molar-refractivity contribution is 0.0989. The first-order valence-corrected chi connectivity index (χ1v) is 5.69. The molecular formula is C11H11NOS. The first kappa shape index (κ1) is 10.8. The monoisotopic (exact) mass is 205 g/mol. The maximum Gasteiger partial charge on any atom is 0.163 e. The van der Waals surface area contributed by atoms with Crippen LogP contribution in [0.25, 0.3) is 0 Å². The molecule has 0 radical (unpaired) electrons. The maximum atomic E-state index is 11.5. The second-order valence-electron chi connectivity index (χ2n) is 2.86. The lowest BCUT2D eigenvalue weighted by Gasteiger charge is -1.99. The number of hydrogen-bond acceptors (Lipinski definition) is 3. The average Bonchev–Trinajstić information content (AvgIpc) is 2.26. The first-order chi connectivity index (χ1) is 6.77. The molecule has 1 aromatic rings. The van der Waals surface area contributed by atoms with Crippen molar-refractivity contribution in [3.8, 4) is 6.07 Å². The summed E-state index contributed by atoms with van der Waals surface area (Å²) in [5.41, 5.74) is 1.28. The summed E-state index contributed by atoms with van der Waals surface area (Å²) >= 11 is 1.66. The van der Waals surface area contributed by atoms with Crippen molar-refractivity contribution >= 4 is 17.5 Å². The van der Waals surface area contributed by atoms with Crippen molar-refractivity contribution in [3.63, 3.8) is 0 Å². The van der Waals surface area contributed by atoms with E-state index in [1.165, 1.54) is 0 Å². The van der Waals surface area contributed by atoms with Gasteiger partial charge in [-0.15, -0.1) is 0 Å². The Morgan fingerprint density at radius 3 is 2.57 bits per heavy atom. The largest absolute Gasteiger partial charge is 0.294 e. The summed E-state index contributed by atoms with van der Waals surface area (Å²) < 4.78 is 0. The van der Waals surface area contributed by atoms with E-state index >= 15 is 0 Å². The Morgan fingerprint density at radius 2 is 2.07 bits per heavy atom. The quantitative estimate of drug-likeness (QED) is 0.709. The lowest BCUT2D eigenvalue weighted by atomic mass is 10.1. The summed E-state index contributed by atoms with van der Waals surface area (Å²) in [5.74, 6) is 0.989.